The van der Waals surface area contributed by atoms with E-state index in [1.165, 1.54) is 12.8 Å². The first-order chi connectivity index (χ1) is 7.16. The van der Waals surface area contributed by atoms with Crippen LogP contribution in [0.25, 0.3) is 0 Å². The third-order valence-electron chi connectivity index (χ3n) is 3.22. The molecule has 0 aromatic heterocycles. The summed E-state index contributed by atoms with van der Waals surface area (Å²) < 4.78 is 13.5. The molecule has 1 aliphatic rings. The van der Waals surface area contributed by atoms with Crippen LogP contribution in [0.15, 0.2) is 12.1 Å². The molecule has 1 unspecified atom stereocenters. The summed E-state index contributed by atoms with van der Waals surface area (Å²) in [6.45, 7) is 4.94. The monoisotopic (exact) mass is 207 g/mol. The number of halogens is 1. The molecule has 0 radical (unpaired) electrons. The average molecular weight is 207 g/mol. The van der Waals surface area contributed by atoms with Crippen LogP contribution in [-0.2, 0) is 6.42 Å². The van der Waals surface area contributed by atoms with Crippen LogP contribution in [0, 0.1) is 19.7 Å². The fourth-order valence-corrected chi connectivity index (χ4v) is 2.29. The smallest absolute Gasteiger partial charge is 0.126 e. The minimum Gasteiger partial charge on any atom is -0.314 e. The Morgan fingerprint density at radius 2 is 2.20 bits per heavy atom. The number of benzene rings is 1. The average Bonchev–Trinajstić information content (AvgIpc) is 2.66. The molecular formula is C13H18FN. The third-order valence-corrected chi connectivity index (χ3v) is 3.22. The molecule has 1 N–H and O–H groups in total. The Hall–Kier alpha value is -0.890. The van der Waals surface area contributed by atoms with Crippen LogP contribution in [0.3, 0.4) is 0 Å². The van der Waals surface area contributed by atoms with Gasteiger partial charge >= 0.3 is 0 Å². The van der Waals surface area contributed by atoms with E-state index in [0.29, 0.717) is 6.04 Å². The number of hydrogen-bond donors (Lipinski definition) is 1. The van der Waals surface area contributed by atoms with Crippen LogP contribution < -0.4 is 5.32 Å². The van der Waals surface area contributed by atoms with Crippen LogP contribution >= 0.6 is 0 Å². The Labute approximate surface area is 90.7 Å². The predicted molar refractivity (Wildman–Crippen MR) is 60.6 cm³/mol. The lowest BCUT2D eigenvalue weighted by atomic mass is 9.98. The van der Waals surface area contributed by atoms with Crippen molar-refractivity contribution in [1.29, 1.82) is 0 Å². The molecule has 1 aliphatic heterocycles. The zero-order valence-electron chi connectivity index (χ0n) is 9.44. The van der Waals surface area contributed by atoms with E-state index in [1.807, 2.05) is 13.8 Å². The van der Waals surface area contributed by atoms with Crippen molar-refractivity contribution >= 4 is 0 Å². The van der Waals surface area contributed by atoms with Crippen LogP contribution in [0.4, 0.5) is 4.39 Å². The van der Waals surface area contributed by atoms with Gasteiger partial charge in [0.05, 0.1) is 0 Å². The van der Waals surface area contributed by atoms with Gasteiger partial charge in [-0.05, 0) is 62.4 Å². The van der Waals surface area contributed by atoms with Gasteiger partial charge in [0, 0.05) is 6.04 Å². The highest BCUT2D eigenvalue weighted by Gasteiger charge is 2.16. The van der Waals surface area contributed by atoms with Gasteiger partial charge in [0.1, 0.15) is 5.82 Å². The normalized spacial score (nSPS) is 20.9. The zero-order valence-corrected chi connectivity index (χ0v) is 9.44. The lowest BCUT2D eigenvalue weighted by molar-refractivity contribution is 0.585. The molecule has 1 fully saturated rings. The largest absolute Gasteiger partial charge is 0.314 e. The van der Waals surface area contributed by atoms with Gasteiger partial charge < -0.3 is 5.32 Å². The molecule has 15 heavy (non-hydrogen) atoms. The maximum atomic E-state index is 13.5. The maximum Gasteiger partial charge on any atom is 0.126 e. The van der Waals surface area contributed by atoms with Crippen LogP contribution in [0.1, 0.15) is 29.5 Å². The van der Waals surface area contributed by atoms with Gasteiger partial charge in [-0.3, -0.25) is 0 Å². The van der Waals surface area contributed by atoms with E-state index in [1.54, 1.807) is 6.07 Å². The van der Waals surface area contributed by atoms with E-state index >= 15 is 0 Å². The highest BCUT2D eigenvalue weighted by molar-refractivity contribution is 5.32. The standard InChI is InChI=1S/C13H18FN/c1-9-6-11(10(2)13(14)7-9)8-12-4-3-5-15-12/h6-7,12,15H,3-5,8H2,1-2H3. The molecule has 1 nitrogen and oxygen atoms in total. The number of nitrogens with one attached hydrogen (secondary N) is 1. The van der Waals surface area contributed by atoms with Gasteiger partial charge in [0.2, 0.25) is 0 Å². The Bertz CT molecular complexity index is 354. The van der Waals surface area contributed by atoms with Crippen molar-refractivity contribution in [3.63, 3.8) is 0 Å². The topological polar surface area (TPSA) is 12.0 Å². The van der Waals surface area contributed by atoms with Gasteiger partial charge in [-0.2, -0.15) is 0 Å². The molecule has 1 heterocycles. The minimum atomic E-state index is -0.0667. The van der Waals surface area contributed by atoms with E-state index in [2.05, 4.69) is 11.4 Å². The fourth-order valence-electron chi connectivity index (χ4n) is 2.29. The van der Waals surface area contributed by atoms with Gasteiger partial charge in [-0.15, -0.1) is 0 Å². The molecule has 82 valence electrons. The van der Waals surface area contributed by atoms with Crippen LogP contribution in [0.2, 0.25) is 0 Å². The Balaban J connectivity index is 2.19. The van der Waals surface area contributed by atoms with Crippen molar-refractivity contribution in [3.8, 4) is 0 Å². The summed E-state index contributed by atoms with van der Waals surface area (Å²) in [5, 5.41) is 3.45. The molecule has 0 bridgehead atoms. The predicted octanol–water partition coefficient (Wildman–Crippen LogP) is 2.74. The van der Waals surface area contributed by atoms with Gasteiger partial charge in [-0.1, -0.05) is 6.07 Å². The fraction of sp³-hybridized carbons (Fsp3) is 0.538. The molecule has 1 saturated heterocycles. The summed E-state index contributed by atoms with van der Waals surface area (Å²) in [5.74, 6) is -0.0667. The summed E-state index contributed by atoms with van der Waals surface area (Å²) in [6, 6.07) is 4.27. The van der Waals surface area contributed by atoms with Crippen molar-refractivity contribution in [1.82, 2.24) is 5.32 Å². The SMILES string of the molecule is Cc1cc(F)c(C)c(CC2CCCN2)c1. The molecule has 1 atom stereocenters. The van der Waals surface area contributed by atoms with Gasteiger partial charge in [0.25, 0.3) is 0 Å². The maximum absolute atomic E-state index is 13.5. The molecule has 0 spiro atoms. The summed E-state index contributed by atoms with van der Waals surface area (Å²) in [5.41, 5.74) is 2.99. The van der Waals surface area contributed by atoms with Crippen molar-refractivity contribution < 1.29 is 4.39 Å². The van der Waals surface area contributed by atoms with Crippen molar-refractivity contribution in [2.75, 3.05) is 6.54 Å². The molecule has 1 aromatic carbocycles. The lowest BCUT2D eigenvalue weighted by Gasteiger charge is -2.13. The minimum absolute atomic E-state index is 0.0667. The van der Waals surface area contributed by atoms with E-state index in [4.69, 9.17) is 0 Å². The Morgan fingerprint density at radius 3 is 2.87 bits per heavy atom. The van der Waals surface area contributed by atoms with E-state index in [-0.39, 0.29) is 5.82 Å². The van der Waals surface area contributed by atoms with Crippen molar-refractivity contribution in [3.05, 3.63) is 34.6 Å². The Kier molecular flexibility index (Phi) is 3.06. The highest BCUT2D eigenvalue weighted by Crippen LogP contribution is 2.19. The number of hydrogen-bond acceptors (Lipinski definition) is 1. The molecular weight excluding hydrogens is 189 g/mol. The highest BCUT2D eigenvalue weighted by atomic mass is 19.1. The van der Waals surface area contributed by atoms with E-state index < -0.39 is 0 Å². The van der Waals surface area contributed by atoms with Gasteiger partial charge in [-0.25, -0.2) is 4.39 Å². The Morgan fingerprint density at radius 1 is 1.40 bits per heavy atom. The third kappa shape index (κ3) is 2.37. The second-order valence-electron chi connectivity index (χ2n) is 4.53. The quantitative estimate of drug-likeness (QED) is 0.786. The molecule has 2 rings (SSSR count). The van der Waals surface area contributed by atoms with Crippen LogP contribution in [-0.4, -0.2) is 12.6 Å². The molecule has 0 amide bonds. The molecule has 0 saturated carbocycles. The van der Waals surface area contributed by atoms with Crippen molar-refractivity contribution in [2.24, 2.45) is 0 Å². The lowest BCUT2D eigenvalue weighted by Crippen LogP contribution is -2.24. The second kappa shape index (κ2) is 4.31. The summed E-state index contributed by atoms with van der Waals surface area (Å²) in [7, 11) is 0. The van der Waals surface area contributed by atoms with Gasteiger partial charge in [0.15, 0.2) is 0 Å². The molecule has 2 heteroatoms. The first kappa shape index (κ1) is 10.6. The molecule has 0 aliphatic carbocycles. The van der Waals surface area contributed by atoms with Crippen LogP contribution in [0.5, 0.6) is 0 Å². The first-order valence-electron chi connectivity index (χ1n) is 5.66. The number of rotatable bonds is 2. The zero-order chi connectivity index (χ0) is 10.8. The summed E-state index contributed by atoms with van der Waals surface area (Å²) in [4.78, 5) is 0. The van der Waals surface area contributed by atoms with E-state index in [0.717, 1.165) is 29.7 Å². The van der Waals surface area contributed by atoms with Crippen molar-refractivity contribution in [2.45, 2.75) is 39.2 Å². The molecule has 1 aromatic rings. The summed E-state index contributed by atoms with van der Waals surface area (Å²) >= 11 is 0. The first-order valence-corrected chi connectivity index (χ1v) is 5.66. The van der Waals surface area contributed by atoms with E-state index in [9.17, 15) is 4.39 Å². The second-order valence-corrected chi connectivity index (χ2v) is 4.53. The number of aryl methyl sites for hydroxylation is 1. The summed E-state index contributed by atoms with van der Waals surface area (Å²) in [6.07, 6.45) is 3.43.